The molecule has 0 radical (unpaired) electrons. The van der Waals surface area contributed by atoms with Crippen LogP contribution in [0.1, 0.15) is 15.4 Å². The molecule has 2 aromatic heterocycles. The first-order chi connectivity index (χ1) is 8.13. The first-order valence-corrected chi connectivity index (χ1v) is 6.41. The van der Waals surface area contributed by atoms with Gasteiger partial charge < -0.3 is 4.74 Å². The van der Waals surface area contributed by atoms with Crippen LogP contribution >= 0.6 is 27.3 Å². The van der Waals surface area contributed by atoms with Gasteiger partial charge in [-0.3, -0.25) is 4.98 Å². The van der Waals surface area contributed by atoms with Crippen LogP contribution in [-0.2, 0) is 4.74 Å². The molecule has 0 saturated heterocycles. The average molecular weight is 313 g/mol. The molecule has 0 bridgehead atoms. The van der Waals surface area contributed by atoms with Gasteiger partial charge in [0, 0.05) is 15.5 Å². The van der Waals surface area contributed by atoms with E-state index < -0.39 is 5.97 Å². The zero-order valence-corrected chi connectivity index (χ0v) is 11.6. The molecule has 6 heteroatoms. The Morgan fingerprint density at radius 1 is 1.53 bits per heavy atom. The Bertz CT molecular complexity index is 568. The molecule has 0 aromatic carbocycles. The lowest BCUT2D eigenvalue weighted by Gasteiger charge is -1.97. The first kappa shape index (κ1) is 12.2. The molecular formula is C11H9BrN2O2S. The summed E-state index contributed by atoms with van der Waals surface area (Å²) >= 11 is 4.83. The Kier molecular flexibility index (Phi) is 3.54. The van der Waals surface area contributed by atoms with Crippen LogP contribution < -0.4 is 0 Å². The normalized spacial score (nSPS) is 10.3. The maximum absolute atomic E-state index is 11.5. The second kappa shape index (κ2) is 4.93. The van der Waals surface area contributed by atoms with Crippen molar-refractivity contribution in [2.24, 2.45) is 0 Å². The van der Waals surface area contributed by atoms with Crippen molar-refractivity contribution < 1.29 is 9.53 Å². The molecule has 2 heterocycles. The van der Waals surface area contributed by atoms with E-state index in [9.17, 15) is 4.79 Å². The Labute approximate surface area is 111 Å². The number of pyridine rings is 1. The summed E-state index contributed by atoms with van der Waals surface area (Å²) in [6, 6.07) is 3.71. The van der Waals surface area contributed by atoms with Crippen molar-refractivity contribution >= 4 is 33.2 Å². The number of carbonyl (C=O) groups is 1. The highest BCUT2D eigenvalue weighted by molar-refractivity contribution is 9.10. The van der Waals surface area contributed by atoms with Gasteiger partial charge in [0.2, 0.25) is 0 Å². The molecule has 0 spiro atoms. The standard InChI is InChI=1S/C11H9BrN2O2S/c1-6-8(11(15)16-2)14-10(17-6)9-7(12)4-3-5-13-9/h3-5H,1-2H3. The maximum atomic E-state index is 11.5. The van der Waals surface area contributed by atoms with Crippen molar-refractivity contribution in [1.29, 1.82) is 0 Å². The van der Waals surface area contributed by atoms with Crippen LogP contribution in [0.2, 0.25) is 0 Å². The van der Waals surface area contributed by atoms with Gasteiger partial charge in [0.05, 0.1) is 7.11 Å². The fourth-order valence-corrected chi connectivity index (χ4v) is 2.81. The number of thiazole rings is 1. The van der Waals surface area contributed by atoms with Crippen LogP contribution in [0.3, 0.4) is 0 Å². The summed E-state index contributed by atoms with van der Waals surface area (Å²) in [7, 11) is 1.34. The van der Waals surface area contributed by atoms with E-state index in [1.807, 2.05) is 19.1 Å². The van der Waals surface area contributed by atoms with Gasteiger partial charge in [-0.15, -0.1) is 11.3 Å². The topological polar surface area (TPSA) is 52.1 Å². The van der Waals surface area contributed by atoms with Crippen molar-refractivity contribution in [1.82, 2.24) is 9.97 Å². The Balaban J connectivity index is 2.49. The van der Waals surface area contributed by atoms with Crippen LogP contribution in [0.15, 0.2) is 22.8 Å². The summed E-state index contributed by atoms with van der Waals surface area (Å²) in [6.07, 6.45) is 1.69. The van der Waals surface area contributed by atoms with Crippen molar-refractivity contribution in [3.63, 3.8) is 0 Å². The molecular weight excluding hydrogens is 304 g/mol. The van der Waals surface area contributed by atoms with Gasteiger partial charge in [-0.1, -0.05) is 0 Å². The number of esters is 1. The van der Waals surface area contributed by atoms with Crippen LogP contribution in [0.4, 0.5) is 0 Å². The predicted octanol–water partition coefficient (Wildman–Crippen LogP) is 3.06. The summed E-state index contributed by atoms with van der Waals surface area (Å²) < 4.78 is 5.52. The molecule has 2 rings (SSSR count). The molecule has 2 aromatic rings. The number of ether oxygens (including phenoxy) is 1. The molecule has 0 unspecified atom stereocenters. The number of hydrogen-bond donors (Lipinski definition) is 0. The average Bonchev–Trinajstić information content (AvgIpc) is 2.71. The van der Waals surface area contributed by atoms with E-state index in [1.165, 1.54) is 18.4 Å². The maximum Gasteiger partial charge on any atom is 0.357 e. The Hall–Kier alpha value is -1.27. The second-order valence-corrected chi connectivity index (χ2v) is 5.31. The van der Waals surface area contributed by atoms with E-state index in [-0.39, 0.29) is 0 Å². The summed E-state index contributed by atoms with van der Waals surface area (Å²) in [4.78, 5) is 20.8. The van der Waals surface area contributed by atoms with E-state index in [2.05, 4.69) is 30.6 Å². The Morgan fingerprint density at radius 2 is 2.29 bits per heavy atom. The van der Waals surface area contributed by atoms with Gasteiger partial charge in [-0.05, 0) is 35.0 Å². The van der Waals surface area contributed by atoms with Gasteiger partial charge >= 0.3 is 5.97 Å². The third-order valence-electron chi connectivity index (χ3n) is 2.14. The predicted molar refractivity (Wildman–Crippen MR) is 69.1 cm³/mol. The third kappa shape index (κ3) is 2.37. The number of aromatic nitrogens is 2. The highest BCUT2D eigenvalue weighted by atomic mass is 79.9. The number of carbonyl (C=O) groups excluding carboxylic acids is 1. The lowest BCUT2D eigenvalue weighted by molar-refractivity contribution is 0.0594. The fraction of sp³-hybridized carbons (Fsp3) is 0.182. The van der Waals surface area contributed by atoms with E-state index in [1.54, 1.807) is 6.20 Å². The van der Waals surface area contributed by atoms with Crippen molar-refractivity contribution in [2.75, 3.05) is 7.11 Å². The monoisotopic (exact) mass is 312 g/mol. The highest BCUT2D eigenvalue weighted by Crippen LogP contribution is 2.31. The molecule has 0 N–H and O–H groups in total. The number of methoxy groups -OCH3 is 1. The molecule has 0 aliphatic rings. The van der Waals surface area contributed by atoms with Crippen LogP contribution in [0.25, 0.3) is 10.7 Å². The lowest BCUT2D eigenvalue weighted by Crippen LogP contribution is -2.03. The molecule has 0 saturated carbocycles. The number of nitrogens with zero attached hydrogens (tertiary/aromatic N) is 2. The van der Waals surface area contributed by atoms with Gasteiger partial charge in [0.1, 0.15) is 10.7 Å². The van der Waals surface area contributed by atoms with E-state index >= 15 is 0 Å². The highest BCUT2D eigenvalue weighted by Gasteiger charge is 2.18. The zero-order chi connectivity index (χ0) is 12.4. The van der Waals surface area contributed by atoms with E-state index in [4.69, 9.17) is 0 Å². The lowest BCUT2D eigenvalue weighted by atomic mass is 10.3. The largest absolute Gasteiger partial charge is 0.464 e. The Morgan fingerprint density at radius 3 is 2.94 bits per heavy atom. The number of rotatable bonds is 2. The molecule has 17 heavy (non-hydrogen) atoms. The molecule has 4 nitrogen and oxygen atoms in total. The molecule has 0 aliphatic carbocycles. The summed E-state index contributed by atoms with van der Waals surface area (Å²) in [6.45, 7) is 1.84. The summed E-state index contributed by atoms with van der Waals surface area (Å²) in [5.74, 6) is -0.419. The van der Waals surface area contributed by atoms with Gasteiger partial charge in [0.15, 0.2) is 5.69 Å². The first-order valence-electron chi connectivity index (χ1n) is 4.80. The smallest absolute Gasteiger partial charge is 0.357 e. The molecule has 0 aliphatic heterocycles. The molecule has 0 atom stereocenters. The number of aryl methyl sites for hydroxylation is 1. The van der Waals surface area contributed by atoms with E-state index in [0.717, 1.165) is 15.0 Å². The molecule has 0 amide bonds. The van der Waals surface area contributed by atoms with E-state index in [0.29, 0.717) is 10.7 Å². The SMILES string of the molecule is COC(=O)c1nc(-c2ncccc2Br)sc1C. The number of halogens is 1. The second-order valence-electron chi connectivity index (χ2n) is 3.25. The summed E-state index contributed by atoms with van der Waals surface area (Å²) in [5, 5.41) is 0.704. The minimum atomic E-state index is -0.419. The van der Waals surface area contributed by atoms with Crippen LogP contribution in [-0.4, -0.2) is 23.0 Å². The quantitative estimate of drug-likeness (QED) is 0.800. The van der Waals surface area contributed by atoms with Crippen molar-refractivity contribution in [3.05, 3.63) is 33.4 Å². The minimum Gasteiger partial charge on any atom is -0.464 e. The molecule has 0 fully saturated rings. The van der Waals surface area contributed by atoms with Gasteiger partial charge in [-0.25, -0.2) is 9.78 Å². The number of hydrogen-bond acceptors (Lipinski definition) is 5. The minimum absolute atomic E-state index is 0.352. The third-order valence-corrected chi connectivity index (χ3v) is 3.75. The van der Waals surface area contributed by atoms with Gasteiger partial charge in [0.25, 0.3) is 0 Å². The van der Waals surface area contributed by atoms with Crippen LogP contribution in [0.5, 0.6) is 0 Å². The summed E-state index contributed by atoms with van der Waals surface area (Å²) in [5.41, 5.74) is 1.08. The van der Waals surface area contributed by atoms with Gasteiger partial charge in [-0.2, -0.15) is 0 Å². The zero-order valence-electron chi connectivity index (χ0n) is 9.23. The van der Waals surface area contributed by atoms with Crippen molar-refractivity contribution in [2.45, 2.75) is 6.92 Å². The molecule has 88 valence electrons. The van der Waals surface area contributed by atoms with Crippen molar-refractivity contribution in [3.8, 4) is 10.7 Å². The fourth-order valence-electron chi connectivity index (χ4n) is 1.33. The van der Waals surface area contributed by atoms with Crippen LogP contribution in [0, 0.1) is 6.92 Å².